The molecule has 0 amide bonds. The number of aromatic nitrogens is 5. The number of rotatable bonds is 3. The SMILES string of the molecule is CCc1c(C)nn(-c2nc(Cl)nc(NC)n2)c1C. The summed E-state index contributed by atoms with van der Waals surface area (Å²) < 4.78 is 1.70. The van der Waals surface area contributed by atoms with Gasteiger partial charge in [0, 0.05) is 12.7 Å². The second-order valence-corrected chi connectivity index (χ2v) is 4.23. The van der Waals surface area contributed by atoms with Gasteiger partial charge in [0.2, 0.25) is 11.2 Å². The predicted octanol–water partition coefficient (Wildman–Crippen LogP) is 1.93. The molecule has 6 nitrogen and oxygen atoms in total. The second-order valence-electron chi connectivity index (χ2n) is 3.89. The highest BCUT2D eigenvalue weighted by molar-refractivity contribution is 6.28. The molecule has 0 atom stereocenters. The Bertz CT molecular complexity index is 577. The molecule has 0 spiro atoms. The smallest absolute Gasteiger partial charge is 0.256 e. The van der Waals surface area contributed by atoms with E-state index in [1.165, 1.54) is 5.56 Å². The first-order valence-electron chi connectivity index (χ1n) is 5.71. The number of hydrogen-bond acceptors (Lipinski definition) is 5. The molecule has 2 aromatic rings. The molecule has 0 saturated heterocycles. The van der Waals surface area contributed by atoms with Gasteiger partial charge in [-0.25, -0.2) is 4.68 Å². The number of nitrogens with one attached hydrogen (secondary N) is 1. The van der Waals surface area contributed by atoms with Crippen molar-refractivity contribution in [2.75, 3.05) is 12.4 Å². The van der Waals surface area contributed by atoms with Crippen molar-refractivity contribution in [3.05, 3.63) is 22.2 Å². The van der Waals surface area contributed by atoms with Crippen LogP contribution in [0, 0.1) is 13.8 Å². The minimum atomic E-state index is 0.148. The van der Waals surface area contributed by atoms with Crippen molar-refractivity contribution in [1.82, 2.24) is 24.7 Å². The summed E-state index contributed by atoms with van der Waals surface area (Å²) in [6.07, 6.45) is 0.926. The van der Waals surface area contributed by atoms with E-state index in [1.807, 2.05) is 13.8 Å². The quantitative estimate of drug-likeness (QED) is 0.919. The lowest BCUT2D eigenvalue weighted by Crippen LogP contribution is -2.09. The normalized spacial score (nSPS) is 10.7. The summed E-state index contributed by atoms with van der Waals surface area (Å²) in [6.45, 7) is 6.07. The van der Waals surface area contributed by atoms with Crippen LogP contribution in [0.25, 0.3) is 5.95 Å². The standard InChI is InChI=1S/C11H15ClN6/c1-5-8-6(2)17-18(7(8)3)11-15-9(12)14-10(13-4)16-11/h5H2,1-4H3,(H,13,14,15,16). The number of aryl methyl sites for hydroxylation is 1. The van der Waals surface area contributed by atoms with E-state index in [1.54, 1.807) is 11.7 Å². The van der Waals surface area contributed by atoms with E-state index in [0.29, 0.717) is 11.9 Å². The molecule has 0 radical (unpaired) electrons. The highest BCUT2D eigenvalue weighted by Crippen LogP contribution is 2.17. The number of nitrogens with zero attached hydrogens (tertiary/aromatic N) is 5. The molecule has 0 aliphatic carbocycles. The summed E-state index contributed by atoms with van der Waals surface area (Å²) in [5.74, 6) is 0.857. The summed E-state index contributed by atoms with van der Waals surface area (Å²) in [6, 6.07) is 0. The second kappa shape index (κ2) is 4.89. The van der Waals surface area contributed by atoms with Crippen molar-refractivity contribution in [3.63, 3.8) is 0 Å². The van der Waals surface area contributed by atoms with Crippen molar-refractivity contribution >= 4 is 17.5 Å². The zero-order chi connectivity index (χ0) is 13.3. The first-order valence-corrected chi connectivity index (χ1v) is 6.09. The Morgan fingerprint density at radius 3 is 2.50 bits per heavy atom. The highest BCUT2D eigenvalue weighted by Gasteiger charge is 2.14. The Hall–Kier alpha value is -1.69. The van der Waals surface area contributed by atoms with Gasteiger partial charge in [-0.15, -0.1) is 0 Å². The molecule has 96 valence electrons. The zero-order valence-corrected chi connectivity index (χ0v) is 11.6. The summed E-state index contributed by atoms with van der Waals surface area (Å²) in [4.78, 5) is 12.3. The molecule has 7 heteroatoms. The van der Waals surface area contributed by atoms with Crippen molar-refractivity contribution in [3.8, 4) is 5.95 Å². The minimum absolute atomic E-state index is 0.148. The van der Waals surface area contributed by atoms with Gasteiger partial charge in [0.05, 0.1) is 5.69 Å². The van der Waals surface area contributed by atoms with Crippen molar-refractivity contribution in [2.45, 2.75) is 27.2 Å². The lowest BCUT2D eigenvalue weighted by molar-refractivity contribution is 0.765. The molecule has 18 heavy (non-hydrogen) atoms. The minimum Gasteiger partial charge on any atom is -0.357 e. The topological polar surface area (TPSA) is 68.5 Å². The van der Waals surface area contributed by atoms with E-state index in [-0.39, 0.29) is 5.28 Å². The molecular weight excluding hydrogens is 252 g/mol. The van der Waals surface area contributed by atoms with Gasteiger partial charge in [0.15, 0.2) is 0 Å². The molecule has 2 aromatic heterocycles. The van der Waals surface area contributed by atoms with Gasteiger partial charge >= 0.3 is 0 Å². The third-order valence-corrected chi connectivity index (χ3v) is 2.97. The van der Waals surface area contributed by atoms with Crippen molar-refractivity contribution < 1.29 is 0 Å². The molecule has 0 bridgehead atoms. The zero-order valence-electron chi connectivity index (χ0n) is 10.8. The molecule has 2 heterocycles. The van der Waals surface area contributed by atoms with Crippen LogP contribution in [0.2, 0.25) is 5.28 Å². The lowest BCUT2D eigenvalue weighted by Gasteiger charge is -2.05. The fraction of sp³-hybridized carbons (Fsp3) is 0.455. The van der Waals surface area contributed by atoms with Gasteiger partial charge in [-0.1, -0.05) is 6.92 Å². The molecule has 0 aliphatic rings. The van der Waals surface area contributed by atoms with Gasteiger partial charge in [-0.3, -0.25) is 0 Å². The fourth-order valence-electron chi connectivity index (χ4n) is 1.93. The van der Waals surface area contributed by atoms with E-state index in [2.05, 4.69) is 32.3 Å². The van der Waals surface area contributed by atoms with E-state index in [0.717, 1.165) is 17.8 Å². The van der Waals surface area contributed by atoms with Crippen LogP contribution >= 0.6 is 11.6 Å². The number of anilines is 1. The number of hydrogen-bond donors (Lipinski definition) is 1. The molecule has 2 rings (SSSR count). The molecular formula is C11H15ClN6. The Balaban J connectivity index is 2.58. The average molecular weight is 267 g/mol. The van der Waals surface area contributed by atoms with Crippen molar-refractivity contribution in [1.29, 1.82) is 0 Å². The van der Waals surface area contributed by atoms with Gasteiger partial charge < -0.3 is 5.32 Å². The number of halogens is 1. The van der Waals surface area contributed by atoms with E-state index in [4.69, 9.17) is 11.6 Å². The molecule has 0 unspecified atom stereocenters. The third kappa shape index (κ3) is 2.15. The van der Waals surface area contributed by atoms with E-state index in [9.17, 15) is 0 Å². The van der Waals surface area contributed by atoms with Crippen LogP contribution in [0.15, 0.2) is 0 Å². The first kappa shape index (κ1) is 12.8. The molecule has 0 saturated carbocycles. The van der Waals surface area contributed by atoms with Crippen LogP contribution in [0.1, 0.15) is 23.9 Å². The first-order chi connectivity index (χ1) is 8.56. The largest absolute Gasteiger partial charge is 0.357 e. The molecule has 0 fully saturated rings. The van der Waals surface area contributed by atoms with E-state index >= 15 is 0 Å². The lowest BCUT2D eigenvalue weighted by atomic mass is 10.1. The predicted molar refractivity (Wildman–Crippen MR) is 70.4 cm³/mol. The maximum absolute atomic E-state index is 5.87. The van der Waals surface area contributed by atoms with Gasteiger partial charge in [-0.05, 0) is 37.4 Å². The Morgan fingerprint density at radius 1 is 1.22 bits per heavy atom. The summed E-state index contributed by atoms with van der Waals surface area (Å²) >= 11 is 5.87. The summed E-state index contributed by atoms with van der Waals surface area (Å²) in [5, 5.41) is 7.44. The maximum atomic E-state index is 5.87. The summed E-state index contributed by atoms with van der Waals surface area (Å²) in [7, 11) is 1.73. The van der Waals surface area contributed by atoms with Crippen LogP contribution in [0.3, 0.4) is 0 Å². The van der Waals surface area contributed by atoms with Crippen LogP contribution in [-0.2, 0) is 6.42 Å². The van der Waals surface area contributed by atoms with Gasteiger partial charge in [0.1, 0.15) is 0 Å². The Labute approximate surface area is 110 Å². The summed E-state index contributed by atoms with van der Waals surface area (Å²) in [5.41, 5.74) is 3.22. The highest BCUT2D eigenvalue weighted by atomic mass is 35.5. The van der Waals surface area contributed by atoms with Gasteiger partial charge in [-0.2, -0.15) is 20.1 Å². The molecule has 1 N–H and O–H groups in total. The van der Waals surface area contributed by atoms with Gasteiger partial charge in [0.25, 0.3) is 5.95 Å². The Kier molecular flexibility index (Phi) is 3.47. The van der Waals surface area contributed by atoms with Crippen LogP contribution in [0.4, 0.5) is 5.95 Å². The van der Waals surface area contributed by atoms with E-state index < -0.39 is 0 Å². The fourth-order valence-corrected chi connectivity index (χ4v) is 2.08. The van der Waals surface area contributed by atoms with Crippen LogP contribution in [0.5, 0.6) is 0 Å². The third-order valence-electron chi connectivity index (χ3n) is 2.80. The van der Waals surface area contributed by atoms with Crippen LogP contribution in [-0.4, -0.2) is 31.8 Å². The molecule has 0 aliphatic heterocycles. The maximum Gasteiger partial charge on any atom is 0.256 e. The van der Waals surface area contributed by atoms with Crippen LogP contribution < -0.4 is 5.32 Å². The molecule has 0 aromatic carbocycles. The average Bonchev–Trinajstić information content (AvgIpc) is 2.63. The Morgan fingerprint density at radius 2 is 1.94 bits per heavy atom. The monoisotopic (exact) mass is 266 g/mol. The van der Waals surface area contributed by atoms with Crippen molar-refractivity contribution in [2.24, 2.45) is 0 Å².